The number of nitrogens with one attached hydrogen (secondary N) is 1. The van der Waals surface area contributed by atoms with Gasteiger partial charge in [0.25, 0.3) is 0 Å². The first-order valence-corrected chi connectivity index (χ1v) is 7.63. The molecule has 0 aliphatic carbocycles. The predicted molar refractivity (Wildman–Crippen MR) is 94.7 cm³/mol. The van der Waals surface area contributed by atoms with Crippen molar-refractivity contribution in [2.24, 2.45) is 0 Å². The lowest BCUT2D eigenvalue weighted by Gasteiger charge is -2.02. The fraction of sp³-hybridized carbons (Fsp3) is 0. The van der Waals surface area contributed by atoms with Crippen LogP contribution in [0.25, 0.3) is 34.4 Å². The van der Waals surface area contributed by atoms with Gasteiger partial charge < -0.3 is 4.98 Å². The number of pyridine rings is 1. The van der Waals surface area contributed by atoms with Gasteiger partial charge in [0.05, 0.1) is 5.52 Å². The van der Waals surface area contributed by atoms with E-state index < -0.39 is 0 Å². The van der Waals surface area contributed by atoms with Crippen LogP contribution >= 0.6 is 0 Å². The van der Waals surface area contributed by atoms with Gasteiger partial charge in [-0.15, -0.1) is 0 Å². The van der Waals surface area contributed by atoms with Gasteiger partial charge in [0, 0.05) is 17.3 Å². The maximum Gasteiger partial charge on any atom is 0.178 e. The zero-order valence-corrected chi connectivity index (χ0v) is 12.8. The van der Waals surface area contributed by atoms with Crippen LogP contribution in [0.5, 0.6) is 0 Å². The third kappa shape index (κ3) is 2.82. The van der Waals surface area contributed by atoms with E-state index >= 15 is 0 Å². The lowest BCUT2D eigenvalue weighted by molar-refractivity contribution is 0.631. The molecule has 0 spiro atoms. The maximum absolute atomic E-state index is 13.9. The van der Waals surface area contributed by atoms with Crippen molar-refractivity contribution in [3.05, 3.63) is 84.1 Å². The SMILES string of the molecule is Fc1ccccc1-c1cnc2nc(/C=C/c3ccccc3)[nH]c2c1. The normalized spacial score (nSPS) is 11.4. The Morgan fingerprint density at radius 3 is 2.54 bits per heavy atom. The molecule has 4 heteroatoms. The number of hydrogen-bond acceptors (Lipinski definition) is 2. The minimum absolute atomic E-state index is 0.262. The van der Waals surface area contributed by atoms with Crippen molar-refractivity contribution in [2.75, 3.05) is 0 Å². The number of aromatic amines is 1. The molecule has 4 rings (SSSR count). The summed E-state index contributed by atoms with van der Waals surface area (Å²) in [7, 11) is 0. The molecular formula is C20H14FN3. The van der Waals surface area contributed by atoms with E-state index in [9.17, 15) is 4.39 Å². The highest BCUT2D eigenvalue weighted by atomic mass is 19.1. The maximum atomic E-state index is 13.9. The highest BCUT2D eigenvalue weighted by molar-refractivity contribution is 5.80. The van der Waals surface area contributed by atoms with Crippen molar-refractivity contribution >= 4 is 23.3 Å². The van der Waals surface area contributed by atoms with Crippen molar-refractivity contribution in [1.82, 2.24) is 15.0 Å². The summed E-state index contributed by atoms with van der Waals surface area (Å²) in [6, 6.07) is 18.5. The minimum atomic E-state index is -0.262. The van der Waals surface area contributed by atoms with E-state index in [4.69, 9.17) is 0 Å². The summed E-state index contributed by atoms with van der Waals surface area (Å²) in [5, 5.41) is 0. The second-order valence-corrected chi connectivity index (χ2v) is 5.44. The molecule has 0 aliphatic heterocycles. The molecule has 2 aromatic carbocycles. The van der Waals surface area contributed by atoms with Crippen molar-refractivity contribution < 1.29 is 4.39 Å². The molecule has 0 fully saturated rings. The van der Waals surface area contributed by atoms with Crippen molar-refractivity contribution in [3.63, 3.8) is 0 Å². The summed E-state index contributed by atoms with van der Waals surface area (Å²) in [6.07, 6.45) is 5.53. The lowest BCUT2D eigenvalue weighted by atomic mass is 10.1. The van der Waals surface area contributed by atoms with E-state index in [2.05, 4.69) is 15.0 Å². The Kier molecular flexibility index (Phi) is 3.63. The summed E-state index contributed by atoms with van der Waals surface area (Å²) in [5.74, 6) is 0.453. The van der Waals surface area contributed by atoms with E-state index in [1.54, 1.807) is 18.3 Å². The van der Waals surface area contributed by atoms with Crippen LogP contribution in [-0.4, -0.2) is 15.0 Å². The molecule has 116 valence electrons. The molecule has 3 nitrogen and oxygen atoms in total. The molecule has 0 bridgehead atoms. The molecule has 2 heterocycles. The van der Waals surface area contributed by atoms with E-state index in [1.165, 1.54) is 6.07 Å². The van der Waals surface area contributed by atoms with Gasteiger partial charge in [-0.3, -0.25) is 0 Å². The quantitative estimate of drug-likeness (QED) is 0.582. The van der Waals surface area contributed by atoms with E-state index in [-0.39, 0.29) is 5.82 Å². The average molecular weight is 315 g/mol. The summed E-state index contributed by atoms with van der Waals surface area (Å²) in [4.78, 5) is 12.0. The Bertz CT molecular complexity index is 1020. The summed E-state index contributed by atoms with van der Waals surface area (Å²) in [5.41, 5.74) is 3.75. The molecule has 2 aromatic heterocycles. The Balaban J connectivity index is 1.69. The second-order valence-electron chi connectivity index (χ2n) is 5.44. The van der Waals surface area contributed by atoms with E-state index in [1.807, 2.05) is 54.6 Å². The van der Waals surface area contributed by atoms with Crippen LogP contribution in [0.15, 0.2) is 66.9 Å². The van der Waals surface area contributed by atoms with Gasteiger partial charge in [-0.05, 0) is 23.8 Å². The highest BCUT2D eigenvalue weighted by Gasteiger charge is 2.08. The first-order valence-electron chi connectivity index (χ1n) is 7.63. The van der Waals surface area contributed by atoms with E-state index in [0.717, 1.165) is 16.6 Å². The molecular weight excluding hydrogens is 301 g/mol. The fourth-order valence-corrected chi connectivity index (χ4v) is 2.58. The number of rotatable bonds is 3. The molecule has 24 heavy (non-hydrogen) atoms. The number of hydrogen-bond donors (Lipinski definition) is 1. The van der Waals surface area contributed by atoms with E-state index in [0.29, 0.717) is 17.0 Å². The number of nitrogens with zero attached hydrogens (tertiary/aromatic N) is 2. The molecule has 0 unspecified atom stereocenters. The van der Waals surface area contributed by atoms with Crippen molar-refractivity contribution in [1.29, 1.82) is 0 Å². The standard InChI is InChI=1S/C20H14FN3/c21-17-9-5-4-8-16(17)15-12-18-20(22-13-15)24-19(23-18)11-10-14-6-2-1-3-7-14/h1-13H,(H,22,23,24)/b11-10+. The predicted octanol–water partition coefficient (Wildman–Crippen LogP) is 4.93. The lowest BCUT2D eigenvalue weighted by Crippen LogP contribution is -1.85. The number of aromatic nitrogens is 3. The largest absolute Gasteiger partial charge is 0.337 e. The van der Waals surface area contributed by atoms with Crippen LogP contribution in [0.3, 0.4) is 0 Å². The van der Waals surface area contributed by atoms with Gasteiger partial charge in [0.2, 0.25) is 0 Å². The highest BCUT2D eigenvalue weighted by Crippen LogP contribution is 2.24. The van der Waals surface area contributed by atoms with Gasteiger partial charge in [0.1, 0.15) is 11.6 Å². The minimum Gasteiger partial charge on any atom is -0.337 e. The number of halogens is 1. The fourth-order valence-electron chi connectivity index (χ4n) is 2.58. The van der Waals surface area contributed by atoms with Gasteiger partial charge in [0.15, 0.2) is 5.65 Å². The summed E-state index contributed by atoms with van der Waals surface area (Å²) < 4.78 is 13.9. The Hall–Kier alpha value is -3.27. The average Bonchev–Trinajstić information content (AvgIpc) is 3.03. The molecule has 0 atom stereocenters. The number of benzene rings is 2. The molecule has 1 N–H and O–H groups in total. The van der Waals surface area contributed by atoms with Crippen LogP contribution in [0.2, 0.25) is 0 Å². The molecule has 0 saturated carbocycles. The zero-order chi connectivity index (χ0) is 16.4. The van der Waals surface area contributed by atoms with Gasteiger partial charge >= 0.3 is 0 Å². The second kappa shape index (κ2) is 6.08. The van der Waals surface area contributed by atoms with Crippen LogP contribution in [0, 0.1) is 5.82 Å². The number of fused-ring (bicyclic) bond motifs is 1. The Morgan fingerprint density at radius 1 is 0.917 bits per heavy atom. The van der Waals surface area contributed by atoms with Gasteiger partial charge in [-0.1, -0.05) is 54.6 Å². The van der Waals surface area contributed by atoms with Crippen LogP contribution in [0.1, 0.15) is 11.4 Å². The van der Waals surface area contributed by atoms with Crippen molar-refractivity contribution in [3.8, 4) is 11.1 Å². The molecule has 0 saturated heterocycles. The molecule has 0 amide bonds. The van der Waals surface area contributed by atoms with Gasteiger partial charge in [-0.2, -0.15) is 0 Å². The summed E-state index contributed by atoms with van der Waals surface area (Å²) >= 11 is 0. The Labute approximate surface area is 138 Å². The smallest absolute Gasteiger partial charge is 0.178 e. The monoisotopic (exact) mass is 315 g/mol. The molecule has 4 aromatic rings. The van der Waals surface area contributed by atoms with Crippen LogP contribution in [0.4, 0.5) is 4.39 Å². The molecule has 0 aliphatic rings. The molecule has 0 radical (unpaired) electrons. The first kappa shape index (κ1) is 14.3. The topological polar surface area (TPSA) is 41.6 Å². The van der Waals surface area contributed by atoms with Crippen molar-refractivity contribution in [2.45, 2.75) is 0 Å². The van der Waals surface area contributed by atoms with Crippen LogP contribution in [-0.2, 0) is 0 Å². The summed E-state index contributed by atoms with van der Waals surface area (Å²) in [6.45, 7) is 0. The van der Waals surface area contributed by atoms with Gasteiger partial charge in [-0.25, -0.2) is 14.4 Å². The number of H-pyrrole nitrogens is 1. The third-order valence-electron chi connectivity index (χ3n) is 3.77. The van der Waals surface area contributed by atoms with Crippen LogP contribution < -0.4 is 0 Å². The number of imidazole rings is 1. The first-order chi connectivity index (χ1) is 11.8. The zero-order valence-electron chi connectivity index (χ0n) is 12.8. The Morgan fingerprint density at radius 2 is 1.71 bits per heavy atom. The third-order valence-corrected chi connectivity index (χ3v) is 3.77.